The molecule has 0 saturated carbocycles. The minimum atomic E-state index is -2.89. The molecule has 0 atom stereocenters. The Bertz CT molecular complexity index is 397. The van der Waals surface area contributed by atoms with Gasteiger partial charge < -0.3 is 21.0 Å². The predicted molar refractivity (Wildman–Crippen MR) is 46.2 cm³/mol. The lowest BCUT2D eigenvalue weighted by atomic mass is 10.2. The molecule has 0 radical (unpaired) electrons. The summed E-state index contributed by atoms with van der Waals surface area (Å²) in [6.45, 7) is -0.747. The largest absolute Gasteiger partial charge is 0.391 e. The van der Waals surface area contributed by atoms with Crippen molar-refractivity contribution >= 4 is 11.6 Å². The van der Waals surface area contributed by atoms with Crippen molar-refractivity contribution in [3.8, 4) is 0 Å². The zero-order valence-corrected chi connectivity index (χ0v) is 7.35. The molecular weight excluding hydrogens is 212 g/mol. The molecule has 0 spiro atoms. The number of nitro groups is 1. The van der Waals surface area contributed by atoms with E-state index in [0.717, 1.165) is 6.07 Å². The molecule has 0 saturated heterocycles. The van der Waals surface area contributed by atoms with Gasteiger partial charge in [0.05, 0.1) is 17.7 Å². The number of hydrogen-bond acceptors (Lipinski definition) is 5. The van der Waals surface area contributed by atoms with Gasteiger partial charge in [-0.25, -0.2) is 8.78 Å². The Kier molecular flexibility index (Phi) is 3.10. The first-order chi connectivity index (χ1) is 6.97. The van der Waals surface area contributed by atoms with E-state index in [-0.39, 0.29) is 5.56 Å². The second-order valence-electron chi connectivity index (χ2n) is 2.66. The number of aliphatic hydroxyl groups is 1. The molecule has 8 heteroatoms. The summed E-state index contributed by atoms with van der Waals surface area (Å²) < 4.78 is 24.6. The van der Waals surface area contributed by atoms with Crippen molar-refractivity contribution in [3.05, 3.63) is 27.3 Å². The number of nitrogens with two attached hydrogens (primary N) is 1. The van der Waals surface area contributed by atoms with Gasteiger partial charge in [0.1, 0.15) is 0 Å². The monoisotopic (exact) mass is 219 g/mol. The number of nitrogen functional groups attached to an aromatic ring is 1. The van der Waals surface area contributed by atoms with Crippen LogP contribution in [-0.2, 0) is 6.61 Å². The van der Waals surface area contributed by atoms with Crippen molar-refractivity contribution in [3.63, 3.8) is 0 Å². The topological polar surface area (TPSA) is 102 Å². The summed E-state index contributed by atoms with van der Waals surface area (Å²) in [7, 11) is 0. The van der Waals surface area contributed by atoms with E-state index in [1.807, 2.05) is 0 Å². The zero-order chi connectivity index (χ0) is 11.6. The lowest BCUT2D eigenvalue weighted by Gasteiger charge is -2.04. The van der Waals surface area contributed by atoms with Crippen LogP contribution in [0.25, 0.3) is 0 Å². The van der Waals surface area contributed by atoms with E-state index in [0.29, 0.717) is 0 Å². The molecule has 3 N–H and O–H groups in total. The molecule has 0 aliphatic carbocycles. The molecule has 1 rings (SSSR count). The number of pyridine rings is 1. The zero-order valence-electron chi connectivity index (χ0n) is 7.35. The molecule has 1 heterocycles. The maximum absolute atomic E-state index is 12.3. The van der Waals surface area contributed by atoms with Gasteiger partial charge in [-0.05, 0) is 16.0 Å². The minimum Gasteiger partial charge on any atom is -0.391 e. The average Bonchev–Trinajstić information content (AvgIpc) is 2.16. The van der Waals surface area contributed by atoms with Gasteiger partial charge in [0.25, 0.3) is 6.43 Å². The predicted octanol–water partition coefficient (Wildman–Crippen LogP) is 1.00. The van der Waals surface area contributed by atoms with Crippen LogP contribution in [0, 0.1) is 10.1 Å². The number of anilines is 1. The van der Waals surface area contributed by atoms with Crippen molar-refractivity contribution < 1.29 is 18.8 Å². The summed E-state index contributed by atoms with van der Waals surface area (Å²) in [6, 6.07) is 0.783. The first-order valence-electron chi connectivity index (χ1n) is 3.80. The van der Waals surface area contributed by atoms with Crippen LogP contribution in [0.5, 0.6) is 0 Å². The normalized spacial score (nSPS) is 10.7. The molecule has 6 nitrogen and oxygen atoms in total. The van der Waals surface area contributed by atoms with E-state index in [1.54, 1.807) is 0 Å². The third kappa shape index (κ3) is 2.15. The third-order valence-corrected chi connectivity index (χ3v) is 1.72. The number of aromatic nitrogens is 1. The fraction of sp³-hybridized carbons (Fsp3) is 0.286. The highest BCUT2D eigenvalue weighted by molar-refractivity contribution is 5.49. The molecule has 15 heavy (non-hydrogen) atoms. The number of hydrogen-bond donors (Lipinski definition) is 2. The van der Waals surface area contributed by atoms with Gasteiger partial charge >= 0.3 is 5.82 Å². The third-order valence-electron chi connectivity index (χ3n) is 1.72. The Hall–Kier alpha value is -1.83. The van der Waals surface area contributed by atoms with Gasteiger partial charge in [0, 0.05) is 0 Å². The van der Waals surface area contributed by atoms with Crippen LogP contribution in [-0.4, -0.2) is 15.0 Å². The van der Waals surface area contributed by atoms with Gasteiger partial charge in [0.15, 0.2) is 0 Å². The van der Waals surface area contributed by atoms with Gasteiger partial charge in [0.2, 0.25) is 5.82 Å². The molecule has 0 aromatic carbocycles. The summed E-state index contributed by atoms with van der Waals surface area (Å²) in [4.78, 5) is 12.7. The molecule has 0 amide bonds. The summed E-state index contributed by atoms with van der Waals surface area (Å²) >= 11 is 0. The Morgan fingerprint density at radius 3 is 2.67 bits per heavy atom. The van der Waals surface area contributed by atoms with Crippen LogP contribution < -0.4 is 5.73 Å². The standard InChI is InChI=1S/C7H7F2N3O3/c8-5(9)4-1-3(2-13)7(12(14)15)11-6(4)10/h1,5,13H,2H2,(H2,10,11). The van der Waals surface area contributed by atoms with Crippen LogP contribution in [0.4, 0.5) is 20.4 Å². The van der Waals surface area contributed by atoms with Gasteiger partial charge in [-0.2, -0.15) is 0 Å². The van der Waals surface area contributed by atoms with Gasteiger partial charge in [-0.15, -0.1) is 0 Å². The first kappa shape index (κ1) is 11.2. The second kappa shape index (κ2) is 4.13. The molecule has 0 fully saturated rings. The minimum absolute atomic E-state index is 0.287. The molecule has 0 aliphatic rings. The van der Waals surface area contributed by atoms with Crippen LogP contribution >= 0.6 is 0 Å². The lowest BCUT2D eigenvalue weighted by Crippen LogP contribution is -2.05. The molecule has 1 aromatic rings. The molecular formula is C7H7F2N3O3. The number of aliphatic hydroxyl groups excluding tert-OH is 1. The van der Waals surface area contributed by atoms with E-state index in [2.05, 4.69) is 4.98 Å². The van der Waals surface area contributed by atoms with E-state index in [9.17, 15) is 18.9 Å². The number of rotatable bonds is 3. The van der Waals surface area contributed by atoms with E-state index < -0.39 is 35.2 Å². The molecule has 0 aliphatic heterocycles. The van der Waals surface area contributed by atoms with E-state index >= 15 is 0 Å². The second-order valence-corrected chi connectivity index (χ2v) is 2.66. The number of halogens is 2. The molecule has 0 unspecified atom stereocenters. The summed E-state index contributed by atoms with van der Waals surface area (Å²) in [6.07, 6.45) is -2.89. The fourth-order valence-electron chi connectivity index (χ4n) is 1.03. The molecule has 0 bridgehead atoms. The van der Waals surface area contributed by atoms with Crippen molar-refractivity contribution in [1.82, 2.24) is 4.98 Å². The average molecular weight is 219 g/mol. The molecule has 82 valence electrons. The highest BCUT2D eigenvalue weighted by Crippen LogP contribution is 2.28. The lowest BCUT2D eigenvalue weighted by molar-refractivity contribution is -0.390. The highest BCUT2D eigenvalue weighted by atomic mass is 19.3. The SMILES string of the molecule is Nc1nc([N+](=O)[O-])c(CO)cc1C(F)F. The Morgan fingerprint density at radius 2 is 2.27 bits per heavy atom. The van der Waals surface area contributed by atoms with Crippen molar-refractivity contribution in [2.75, 3.05) is 5.73 Å². The van der Waals surface area contributed by atoms with Gasteiger partial charge in [-0.3, -0.25) is 0 Å². The smallest absolute Gasteiger partial charge is 0.371 e. The van der Waals surface area contributed by atoms with E-state index in [4.69, 9.17) is 10.8 Å². The maximum Gasteiger partial charge on any atom is 0.371 e. The van der Waals surface area contributed by atoms with E-state index in [1.165, 1.54) is 0 Å². The van der Waals surface area contributed by atoms with Crippen LogP contribution in [0.15, 0.2) is 6.07 Å². The van der Waals surface area contributed by atoms with Crippen LogP contribution in [0.1, 0.15) is 17.6 Å². The Labute approximate surface area is 82.5 Å². The van der Waals surface area contributed by atoms with Crippen LogP contribution in [0.3, 0.4) is 0 Å². The van der Waals surface area contributed by atoms with Crippen molar-refractivity contribution in [1.29, 1.82) is 0 Å². The van der Waals surface area contributed by atoms with Gasteiger partial charge in [-0.1, -0.05) is 0 Å². The fourth-order valence-corrected chi connectivity index (χ4v) is 1.03. The first-order valence-corrected chi connectivity index (χ1v) is 3.80. The molecule has 1 aromatic heterocycles. The summed E-state index contributed by atoms with van der Waals surface area (Å²) in [5.74, 6) is -1.31. The summed E-state index contributed by atoms with van der Waals surface area (Å²) in [5.41, 5.74) is 4.20. The van der Waals surface area contributed by atoms with Crippen LogP contribution in [0.2, 0.25) is 0 Å². The van der Waals surface area contributed by atoms with Crippen molar-refractivity contribution in [2.24, 2.45) is 0 Å². The maximum atomic E-state index is 12.3. The number of alkyl halides is 2. The Morgan fingerprint density at radius 1 is 1.67 bits per heavy atom. The van der Waals surface area contributed by atoms with Crippen molar-refractivity contribution in [2.45, 2.75) is 13.0 Å². The highest BCUT2D eigenvalue weighted by Gasteiger charge is 2.23. The Balaban J connectivity index is 3.35. The summed E-state index contributed by atoms with van der Waals surface area (Å²) in [5, 5.41) is 19.1. The quantitative estimate of drug-likeness (QED) is 0.583. The number of nitrogens with zero attached hydrogens (tertiary/aromatic N) is 2.